The molecule has 3 N–H and O–H groups in total. The zero-order valence-electron chi connectivity index (χ0n) is 10.9. The average molecular weight is 300 g/mol. The van der Waals surface area contributed by atoms with Crippen LogP contribution in [-0.4, -0.2) is 49.2 Å². The number of hydrogen-bond donors (Lipinski definition) is 3. The van der Waals surface area contributed by atoms with E-state index in [1.54, 1.807) is 17.5 Å². The van der Waals surface area contributed by atoms with Crippen LogP contribution in [0.2, 0.25) is 0 Å². The number of ether oxygens (including phenoxy) is 1. The summed E-state index contributed by atoms with van der Waals surface area (Å²) in [6.07, 6.45) is -0.789. The van der Waals surface area contributed by atoms with Crippen molar-refractivity contribution in [3.63, 3.8) is 0 Å². The lowest BCUT2D eigenvalue weighted by atomic mass is 10.2. The van der Waals surface area contributed by atoms with Crippen molar-refractivity contribution in [2.75, 3.05) is 20.2 Å². The Balaban J connectivity index is 2.26. The van der Waals surface area contributed by atoms with Crippen LogP contribution in [0.25, 0.3) is 0 Å². The Labute approximate surface area is 119 Å². The molecule has 1 aromatic heterocycles. The van der Waals surface area contributed by atoms with Crippen molar-refractivity contribution in [2.24, 2.45) is 0 Å². The Morgan fingerprint density at radius 2 is 2.15 bits per heavy atom. The summed E-state index contributed by atoms with van der Waals surface area (Å²) in [5, 5.41) is 15.4. The molecule has 0 saturated heterocycles. The first-order valence-electron chi connectivity index (χ1n) is 5.86. The predicted octanol–water partition coefficient (Wildman–Crippen LogP) is 0.0838. The molecule has 7 nitrogen and oxygen atoms in total. The lowest BCUT2D eigenvalue weighted by molar-refractivity contribution is -0.140. The maximum atomic E-state index is 11.6. The van der Waals surface area contributed by atoms with E-state index in [2.05, 4.69) is 10.6 Å². The fourth-order valence-corrected chi connectivity index (χ4v) is 2.02. The molecule has 1 unspecified atom stereocenters. The van der Waals surface area contributed by atoms with E-state index < -0.39 is 18.0 Å². The quantitative estimate of drug-likeness (QED) is 0.631. The summed E-state index contributed by atoms with van der Waals surface area (Å²) in [5.41, 5.74) is 0. The number of hydrogen-bond acceptors (Lipinski definition) is 5. The Bertz CT molecular complexity index is 460. The standard InChI is InChI=1S/C12H16N2O5S/c1-19-8(5-11(16)17)6-13-10(15)7-14-12(18)9-3-2-4-20-9/h2-4,8H,5-7H2,1H3,(H,13,15)(H,14,18)(H,16,17). The van der Waals surface area contributed by atoms with Gasteiger partial charge in [0, 0.05) is 13.7 Å². The number of carboxylic acids is 1. The Morgan fingerprint density at radius 3 is 2.70 bits per heavy atom. The van der Waals surface area contributed by atoms with E-state index in [-0.39, 0.29) is 25.4 Å². The average Bonchev–Trinajstić information content (AvgIpc) is 2.94. The molecule has 1 aromatic rings. The molecule has 0 saturated carbocycles. The molecule has 0 aliphatic rings. The van der Waals surface area contributed by atoms with Crippen molar-refractivity contribution in [3.05, 3.63) is 22.4 Å². The number of carbonyl (C=O) groups is 3. The van der Waals surface area contributed by atoms with Gasteiger partial charge in [-0.05, 0) is 11.4 Å². The van der Waals surface area contributed by atoms with Crippen LogP contribution < -0.4 is 10.6 Å². The lowest BCUT2D eigenvalue weighted by Crippen LogP contribution is -2.40. The molecule has 0 aliphatic carbocycles. The van der Waals surface area contributed by atoms with Gasteiger partial charge in [-0.1, -0.05) is 6.07 Å². The smallest absolute Gasteiger partial charge is 0.306 e. The van der Waals surface area contributed by atoms with Gasteiger partial charge in [0.25, 0.3) is 5.91 Å². The van der Waals surface area contributed by atoms with Gasteiger partial charge in [-0.15, -0.1) is 11.3 Å². The van der Waals surface area contributed by atoms with E-state index in [9.17, 15) is 14.4 Å². The molecule has 20 heavy (non-hydrogen) atoms. The van der Waals surface area contributed by atoms with Crippen molar-refractivity contribution in [1.82, 2.24) is 10.6 Å². The molecule has 0 aliphatic heterocycles. The largest absolute Gasteiger partial charge is 0.481 e. The molecule has 0 bridgehead atoms. The van der Waals surface area contributed by atoms with Crippen LogP contribution in [0.4, 0.5) is 0 Å². The molecule has 2 amide bonds. The van der Waals surface area contributed by atoms with E-state index in [0.717, 1.165) is 0 Å². The van der Waals surface area contributed by atoms with E-state index in [4.69, 9.17) is 9.84 Å². The highest BCUT2D eigenvalue weighted by Gasteiger charge is 2.14. The maximum Gasteiger partial charge on any atom is 0.306 e. The molecule has 0 aromatic carbocycles. The predicted molar refractivity (Wildman–Crippen MR) is 72.7 cm³/mol. The van der Waals surface area contributed by atoms with E-state index in [1.165, 1.54) is 18.4 Å². The van der Waals surface area contributed by atoms with Crippen LogP contribution in [0, 0.1) is 0 Å². The number of rotatable bonds is 8. The number of carbonyl (C=O) groups excluding carboxylic acids is 2. The Kier molecular flexibility index (Phi) is 6.68. The Hall–Kier alpha value is -1.93. The first-order valence-corrected chi connectivity index (χ1v) is 6.74. The fraction of sp³-hybridized carbons (Fsp3) is 0.417. The third-order valence-electron chi connectivity index (χ3n) is 2.42. The van der Waals surface area contributed by atoms with Gasteiger partial charge >= 0.3 is 5.97 Å². The maximum absolute atomic E-state index is 11.6. The summed E-state index contributed by atoms with van der Waals surface area (Å²) < 4.78 is 4.91. The summed E-state index contributed by atoms with van der Waals surface area (Å²) in [6, 6.07) is 3.40. The summed E-state index contributed by atoms with van der Waals surface area (Å²) in [4.78, 5) is 34.1. The topological polar surface area (TPSA) is 105 Å². The van der Waals surface area contributed by atoms with Gasteiger partial charge in [0.2, 0.25) is 5.91 Å². The highest BCUT2D eigenvalue weighted by molar-refractivity contribution is 7.12. The highest BCUT2D eigenvalue weighted by atomic mass is 32.1. The molecule has 1 rings (SSSR count). The first kappa shape index (κ1) is 16.1. The van der Waals surface area contributed by atoms with Crippen molar-refractivity contribution in [1.29, 1.82) is 0 Å². The van der Waals surface area contributed by atoms with Crippen molar-refractivity contribution in [3.8, 4) is 0 Å². The summed E-state index contributed by atoms with van der Waals surface area (Å²) >= 11 is 1.28. The zero-order chi connectivity index (χ0) is 15.0. The number of thiophene rings is 1. The summed E-state index contributed by atoms with van der Waals surface area (Å²) in [7, 11) is 1.37. The van der Waals surface area contributed by atoms with Gasteiger partial charge in [0.1, 0.15) is 0 Å². The second-order valence-corrected chi connectivity index (χ2v) is 4.87. The third kappa shape index (κ3) is 5.81. The van der Waals surface area contributed by atoms with Gasteiger partial charge in [0.05, 0.1) is 23.9 Å². The molecular formula is C12H16N2O5S. The van der Waals surface area contributed by atoms with E-state index in [1.807, 2.05) is 0 Å². The minimum atomic E-state index is -1.00. The molecule has 1 atom stereocenters. The molecule has 0 fully saturated rings. The van der Waals surface area contributed by atoms with E-state index in [0.29, 0.717) is 4.88 Å². The minimum absolute atomic E-state index is 0.0799. The van der Waals surface area contributed by atoms with Gasteiger partial charge in [-0.25, -0.2) is 0 Å². The van der Waals surface area contributed by atoms with Gasteiger partial charge < -0.3 is 20.5 Å². The van der Waals surface area contributed by atoms with Gasteiger partial charge in [-0.2, -0.15) is 0 Å². The van der Waals surface area contributed by atoms with Crippen LogP contribution in [0.15, 0.2) is 17.5 Å². The molecule has 1 heterocycles. The lowest BCUT2D eigenvalue weighted by Gasteiger charge is -2.14. The van der Waals surface area contributed by atoms with Crippen LogP contribution >= 0.6 is 11.3 Å². The van der Waals surface area contributed by atoms with Gasteiger partial charge in [-0.3, -0.25) is 14.4 Å². The normalized spacial score (nSPS) is 11.7. The van der Waals surface area contributed by atoms with Crippen LogP contribution in [0.5, 0.6) is 0 Å². The van der Waals surface area contributed by atoms with Crippen molar-refractivity contribution >= 4 is 29.1 Å². The first-order chi connectivity index (χ1) is 9.52. The molecule has 0 radical (unpaired) electrons. The second-order valence-electron chi connectivity index (χ2n) is 3.92. The summed E-state index contributed by atoms with van der Waals surface area (Å²) in [6.45, 7) is -0.0866. The zero-order valence-corrected chi connectivity index (χ0v) is 11.7. The number of aliphatic carboxylic acids is 1. The molecule has 110 valence electrons. The van der Waals surface area contributed by atoms with Crippen LogP contribution in [0.3, 0.4) is 0 Å². The van der Waals surface area contributed by atoms with Crippen molar-refractivity contribution < 1.29 is 24.2 Å². The third-order valence-corrected chi connectivity index (χ3v) is 3.29. The molecule has 8 heteroatoms. The molecule has 0 spiro atoms. The number of amides is 2. The summed E-state index contributed by atoms with van der Waals surface area (Å²) in [5.74, 6) is -1.72. The SMILES string of the molecule is COC(CNC(=O)CNC(=O)c1cccs1)CC(=O)O. The van der Waals surface area contributed by atoms with Crippen LogP contribution in [-0.2, 0) is 14.3 Å². The minimum Gasteiger partial charge on any atom is -0.481 e. The van der Waals surface area contributed by atoms with Crippen LogP contribution in [0.1, 0.15) is 16.1 Å². The Morgan fingerprint density at radius 1 is 1.40 bits per heavy atom. The highest BCUT2D eigenvalue weighted by Crippen LogP contribution is 2.07. The number of nitrogens with one attached hydrogen (secondary N) is 2. The monoisotopic (exact) mass is 300 g/mol. The van der Waals surface area contributed by atoms with Gasteiger partial charge in [0.15, 0.2) is 0 Å². The molecular weight excluding hydrogens is 284 g/mol. The van der Waals surface area contributed by atoms with Crippen molar-refractivity contribution in [2.45, 2.75) is 12.5 Å². The van der Waals surface area contributed by atoms with E-state index >= 15 is 0 Å². The second kappa shape index (κ2) is 8.28. The number of carboxylic acid groups (broad SMARTS) is 1. The number of methoxy groups -OCH3 is 1. The fourth-order valence-electron chi connectivity index (χ4n) is 1.38.